The van der Waals surface area contributed by atoms with Crippen LogP contribution < -0.4 is 5.32 Å². The number of nitrogens with zero attached hydrogens (tertiary/aromatic N) is 4. The van der Waals surface area contributed by atoms with E-state index in [4.69, 9.17) is 9.68 Å². The fraction of sp³-hybridized carbons (Fsp3) is 0.100. The number of carbonyl (C=O) groups excluding carboxylic acids is 1. The Labute approximate surface area is 175 Å². The highest BCUT2D eigenvalue weighted by atomic mass is 32.2. The van der Waals surface area contributed by atoms with Gasteiger partial charge in [-0.05, 0) is 36.6 Å². The van der Waals surface area contributed by atoms with E-state index < -0.39 is 0 Å². The van der Waals surface area contributed by atoms with Crippen LogP contribution in [-0.2, 0) is 4.79 Å². The highest BCUT2D eigenvalue weighted by molar-refractivity contribution is 7.99. The number of para-hydroxylation sites is 1. The number of nitriles is 1. The van der Waals surface area contributed by atoms with Crippen LogP contribution in [0.15, 0.2) is 63.7 Å². The van der Waals surface area contributed by atoms with Crippen LogP contribution in [-0.4, -0.2) is 26.4 Å². The number of aryl methyl sites for hydroxylation is 1. The Kier molecular flexibility index (Phi) is 5.46. The van der Waals surface area contributed by atoms with Crippen LogP contribution in [0.1, 0.15) is 11.3 Å². The van der Waals surface area contributed by atoms with E-state index in [1.54, 1.807) is 17.7 Å². The van der Waals surface area contributed by atoms with Crippen molar-refractivity contribution in [1.29, 1.82) is 5.26 Å². The summed E-state index contributed by atoms with van der Waals surface area (Å²) in [6.07, 6.45) is 1.61. The fourth-order valence-corrected chi connectivity index (χ4v) is 4.26. The van der Waals surface area contributed by atoms with Crippen LogP contribution in [0.5, 0.6) is 0 Å². The quantitative estimate of drug-likeness (QED) is 0.461. The minimum Gasteiger partial charge on any atom is -0.469 e. The molecule has 0 saturated heterocycles. The molecule has 0 aliphatic carbocycles. The lowest BCUT2D eigenvalue weighted by molar-refractivity contribution is -0.113. The van der Waals surface area contributed by atoms with Gasteiger partial charge in [0, 0.05) is 5.69 Å². The molecule has 0 spiro atoms. The molecule has 1 amide bonds. The molecule has 4 aromatic rings. The standard InChI is InChI=1S/C20H15N5O2S2/c1-13-16(7-9-27-13)18-23-24-20(25(18)15-5-3-2-4-6-15)29-12-17(26)22-19-14(11-21)8-10-28-19/h2-10H,12H2,1H3,(H,22,26). The maximum absolute atomic E-state index is 12.4. The number of nitrogens with one attached hydrogen (secondary N) is 1. The molecule has 0 saturated carbocycles. The van der Waals surface area contributed by atoms with E-state index in [1.165, 1.54) is 23.1 Å². The Morgan fingerprint density at radius 2 is 2.10 bits per heavy atom. The molecule has 29 heavy (non-hydrogen) atoms. The smallest absolute Gasteiger partial charge is 0.235 e. The summed E-state index contributed by atoms with van der Waals surface area (Å²) in [4.78, 5) is 12.4. The molecule has 0 atom stereocenters. The van der Waals surface area contributed by atoms with Crippen LogP contribution in [0.3, 0.4) is 0 Å². The number of furan rings is 1. The minimum absolute atomic E-state index is 0.137. The summed E-state index contributed by atoms with van der Waals surface area (Å²) in [5.41, 5.74) is 2.19. The van der Waals surface area contributed by atoms with Gasteiger partial charge in [-0.15, -0.1) is 21.5 Å². The van der Waals surface area contributed by atoms with Gasteiger partial charge in [0.15, 0.2) is 11.0 Å². The fourth-order valence-electron chi connectivity index (χ4n) is 2.75. The van der Waals surface area contributed by atoms with Crippen molar-refractivity contribution in [3.05, 3.63) is 65.4 Å². The van der Waals surface area contributed by atoms with E-state index in [1.807, 2.05) is 47.9 Å². The zero-order chi connectivity index (χ0) is 20.2. The first-order chi connectivity index (χ1) is 14.2. The van der Waals surface area contributed by atoms with Crippen molar-refractivity contribution in [1.82, 2.24) is 14.8 Å². The third-order valence-electron chi connectivity index (χ3n) is 4.12. The summed E-state index contributed by atoms with van der Waals surface area (Å²) < 4.78 is 7.32. The molecule has 0 unspecified atom stereocenters. The molecule has 9 heteroatoms. The molecule has 144 valence electrons. The maximum Gasteiger partial charge on any atom is 0.235 e. The first kappa shape index (κ1) is 19.0. The van der Waals surface area contributed by atoms with Crippen molar-refractivity contribution < 1.29 is 9.21 Å². The predicted molar refractivity (Wildman–Crippen MR) is 112 cm³/mol. The van der Waals surface area contributed by atoms with Crippen LogP contribution in [0.4, 0.5) is 5.00 Å². The lowest BCUT2D eigenvalue weighted by atomic mass is 10.2. The zero-order valence-electron chi connectivity index (χ0n) is 15.3. The van der Waals surface area contributed by atoms with Gasteiger partial charge in [0.1, 0.15) is 16.8 Å². The van der Waals surface area contributed by atoms with Crippen molar-refractivity contribution in [2.45, 2.75) is 12.1 Å². The minimum atomic E-state index is -0.211. The van der Waals surface area contributed by atoms with Gasteiger partial charge in [-0.2, -0.15) is 5.26 Å². The van der Waals surface area contributed by atoms with E-state index in [0.29, 0.717) is 21.5 Å². The molecule has 0 radical (unpaired) electrons. The van der Waals surface area contributed by atoms with Gasteiger partial charge in [0.05, 0.1) is 23.1 Å². The predicted octanol–water partition coefficient (Wildman–Crippen LogP) is 4.50. The second-order valence-electron chi connectivity index (χ2n) is 5.98. The summed E-state index contributed by atoms with van der Waals surface area (Å²) in [7, 11) is 0. The molecule has 0 aliphatic rings. The number of carbonyl (C=O) groups is 1. The normalized spacial score (nSPS) is 10.6. The van der Waals surface area contributed by atoms with Crippen LogP contribution in [0, 0.1) is 18.3 Å². The molecule has 7 nitrogen and oxygen atoms in total. The van der Waals surface area contributed by atoms with Gasteiger partial charge in [-0.25, -0.2) is 0 Å². The summed E-state index contributed by atoms with van der Waals surface area (Å²) in [5, 5.41) is 23.4. The molecular formula is C20H15N5O2S2. The van der Waals surface area contributed by atoms with E-state index in [-0.39, 0.29) is 11.7 Å². The number of thioether (sulfide) groups is 1. The summed E-state index contributed by atoms with van der Waals surface area (Å²) in [6.45, 7) is 1.87. The van der Waals surface area contributed by atoms with Gasteiger partial charge in [-0.1, -0.05) is 30.0 Å². The topological polar surface area (TPSA) is 96.7 Å². The molecule has 0 bridgehead atoms. The highest BCUT2D eigenvalue weighted by Crippen LogP contribution is 2.30. The van der Waals surface area contributed by atoms with Crippen LogP contribution in [0.2, 0.25) is 0 Å². The average Bonchev–Trinajstić information content (AvgIpc) is 3.46. The Balaban J connectivity index is 1.59. The molecule has 0 aliphatic heterocycles. The number of hydrogen-bond acceptors (Lipinski definition) is 7. The van der Waals surface area contributed by atoms with Gasteiger partial charge in [-0.3, -0.25) is 9.36 Å². The van der Waals surface area contributed by atoms with E-state index in [2.05, 4.69) is 21.6 Å². The van der Waals surface area contributed by atoms with E-state index in [9.17, 15) is 4.79 Å². The number of aromatic nitrogens is 3. The van der Waals surface area contributed by atoms with Gasteiger partial charge in [0.25, 0.3) is 0 Å². The summed E-state index contributed by atoms with van der Waals surface area (Å²) >= 11 is 2.60. The molecular weight excluding hydrogens is 406 g/mol. The Bertz CT molecular complexity index is 1190. The Hall–Kier alpha value is -3.35. The van der Waals surface area contributed by atoms with Crippen molar-refractivity contribution >= 4 is 34.0 Å². The monoisotopic (exact) mass is 421 g/mol. The molecule has 1 N–H and O–H groups in total. The lowest BCUT2D eigenvalue weighted by Gasteiger charge is -2.10. The van der Waals surface area contributed by atoms with Crippen molar-refractivity contribution in [3.8, 4) is 23.1 Å². The number of anilines is 1. The van der Waals surface area contributed by atoms with E-state index in [0.717, 1.165) is 17.0 Å². The Morgan fingerprint density at radius 1 is 1.28 bits per heavy atom. The second kappa shape index (κ2) is 8.34. The lowest BCUT2D eigenvalue weighted by Crippen LogP contribution is -2.14. The summed E-state index contributed by atoms with van der Waals surface area (Å²) in [6, 6.07) is 15.3. The van der Waals surface area contributed by atoms with Crippen molar-refractivity contribution in [2.24, 2.45) is 0 Å². The van der Waals surface area contributed by atoms with Gasteiger partial charge < -0.3 is 9.73 Å². The molecule has 3 heterocycles. The Morgan fingerprint density at radius 3 is 2.83 bits per heavy atom. The number of rotatable bonds is 6. The maximum atomic E-state index is 12.4. The third kappa shape index (κ3) is 3.94. The van der Waals surface area contributed by atoms with Crippen LogP contribution >= 0.6 is 23.1 Å². The number of hydrogen-bond donors (Lipinski definition) is 1. The SMILES string of the molecule is Cc1occc1-c1nnc(SCC(=O)Nc2sccc2C#N)n1-c1ccccc1. The largest absolute Gasteiger partial charge is 0.469 e. The highest BCUT2D eigenvalue weighted by Gasteiger charge is 2.20. The number of thiophene rings is 1. The van der Waals surface area contributed by atoms with E-state index >= 15 is 0 Å². The van der Waals surface area contributed by atoms with Crippen molar-refractivity contribution in [2.75, 3.05) is 11.1 Å². The van der Waals surface area contributed by atoms with Gasteiger partial charge >= 0.3 is 0 Å². The second-order valence-corrected chi connectivity index (χ2v) is 7.84. The third-order valence-corrected chi connectivity index (χ3v) is 5.88. The van der Waals surface area contributed by atoms with Crippen molar-refractivity contribution in [3.63, 3.8) is 0 Å². The number of benzene rings is 1. The molecule has 1 aromatic carbocycles. The molecule has 4 rings (SSSR count). The van der Waals surface area contributed by atoms with Crippen LogP contribution in [0.25, 0.3) is 17.1 Å². The first-order valence-corrected chi connectivity index (χ1v) is 10.5. The first-order valence-electron chi connectivity index (χ1n) is 8.63. The average molecular weight is 422 g/mol. The summed E-state index contributed by atoms with van der Waals surface area (Å²) in [5.74, 6) is 1.32. The molecule has 0 fully saturated rings. The van der Waals surface area contributed by atoms with Gasteiger partial charge in [0.2, 0.25) is 5.91 Å². The molecule has 3 aromatic heterocycles. The number of amides is 1. The zero-order valence-corrected chi connectivity index (χ0v) is 17.0.